The number of anilines is 1. The van der Waals surface area contributed by atoms with Gasteiger partial charge in [0.25, 0.3) is 5.91 Å². The Morgan fingerprint density at radius 3 is 2.21 bits per heavy atom. The summed E-state index contributed by atoms with van der Waals surface area (Å²) in [4.78, 5) is 12.7. The number of rotatable bonds is 4. The van der Waals surface area contributed by atoms with E-state index in [2.05, 4.69) is 10.2 Å². The molecular weight excluding hydrogens is 364 g/mol. The SMILES string of the molecule is CC1=NN(c2ccccc2)C(=O)C1=CC=Cc1c(C)nn(-c2ccccc2)c1O. The second kappa shape index (κ2) is 7.59. The Labute approximate surface area is 168 Å². The molecule has 1 aliphatic rings. The number of aromatic nitrogens is 2. The Balaban J connectivity index is 1.59. The molecule has 0 bridgehead atoms. The Morgan fingerprint density at radius 2 is 1.55 bits per heavy atom. The van der Waals surface area contributed by atoms with Crippen LogP contribution < -0.4 is 5.01 Å². The van der Waals surface area contributed by atoms with Crippen LogP contribution in [0.15, 0.2) is 83.5 Å². The lowest BCUT2D eigenvalue weighted by molar-refractivity contribution is -0.114. The molecule has 0 aliphatic carbocycles. The van der Waals surface area contributed by atoms with Gasteiger partial charge in [-0.2, -0.15) is 15.2 Å². The van der Waals surface area contributed by atoms with Crippen molar-refractivity contribution in [1.82, 2.24) is 9.78 Å². The van der Waals surface area contributed by atoms with Crippen LogP contribution in [0.4, 0.5) is 5.69 Å². The van der Waals surface area contributed by atoms with Crippen LogP contribution in [-0.2, 0) is 4.79 Å². The van der Waals surface area contributed by atoms with E-state index in [4.69, 9.17) is 0 Å². The lowest BCUT2D eigenvalue weighted by atomic mass is 10.1. The van der Waals surface area contributed by atoms with Crippen molar-refractivity contribution in [3.63, 3.8) is 0 Å². The molecule has 0 atom stereocenters. The van der Waals surface area contributed by atoms with E-state index in [1.807, 2.05) is 67.6 Å². The first-order valence-corrected chi connectivity index (χ1v) is 9.23. The lowest BCUT2D eigenvalue weighted by Gasteiger charge is -2.10. The molecule has 0 radical (unpaired) electrons. The smallest absolute Gasteiger partial charge is 0.280 e. The number of benzene rings is 2. The predicted molar refractivity (Wildman–Crippen MR) is 114 cm³/mol. The number of aromatic hydroxyl groups is 1. The number of hydrogen-bond acceptors (Lipinski definition) is 4. The lowest BCUT2D eigenvalue weighted by Crippen LogP contribution is -2.21. The quantitative estimate of drug-likeness (QED) is 0.684. The van der Waals surface area contributed by atoms with Crippen molar-refractivity contribution in [2.45, 2.75) is 13.8 Å². The van der Waals surface area contributed by atoms with E-state index in [1.54, 1.807) is 25.2 Å². The van der Waals surface area contributed by atoms with E-state index < -0.39 is 0 Å². The van der Waals surface area contributed by atoms with E-state index in [0.717, 1.165) is 11.4 Å². The summed E-state index contributed by atoms with van der Waals surface area (Å²) in [7, 11) is 0. The van der Waals surface area contributed by atoms with E-state index in [9.17, 15) is 9.90 Å². The molecule has 0 spiro atoms. The number of aryl methyl sites for hydroxylation is 1. The number of nitrogens with zero attached hydrogens (tertiary/aromatic N) is 4. The highest BCUT2D eigenvalue weighted by Crippen LogP contribution is 2.27. The molecule has 1 aliphatic heterocycles. The molecule has 144 valence electrons. The first-order valence-electron chi connectivity index (χ1n) is 9.23. The van der Waals surface area contributed by atoms with Gasteiger partial charge in [-0.1, -0.05) is 42.5 Å². The van der Waals surface area contributed by atoms with Gasteiger partial charge in [0.15, 0.2) is 0 Å². The fourth-order valence-electron chi connectivity index (χ4n) is 3.17. The van der Waals surface area contributed by atoms with Crippen LogP contribution in [0.5, 0.6) is 5.88 Å². The molecule has 29 heavy (non-hydrogen) atoms. The van der Waals surface area contributed by atoms with Crippen LogP contribution in [-0.4, -0.2) is 26.5 Å². The molecule has 1 aromatic heterocycles. The zero-order chi connectivity index (χ0) is 20.4. The van der Waals surface area contributed by atoms with E-state index in [1.165, 1.54) is 9.69 Å². The maximum Gasteiger partial charge on any atom is 0.280 e. The van der Waals surface area contributed by atoms with Crippen LogP contribution in [0.25, 0.3) is 11.8 Å². The Kier molecular flexibility index (Phi) is 4.83. The molecule has 0 saturated heterocycles. The molecule has 0 saturated carbocycles. The molecule has 0 fully saturated rings. The van der Waals surface area contributed by atoms with E-state index in [0.29, 0.717) is 22.5 Å². The van der Waals surface area contributed by atoms with Gasteiger partial charge in [-0.15, -0.1) is 0 Å². The van der Waals surface area contributed by atoms with Crippen molar-refractivity contribution >= 4 is 23.4 Å². The molecule has 1 N–H and O–H groups in total. The maximum atomic E-state index is 12.7. The number of amides is 1. The highest BCUT2D eigenvalue weighted by Gasteiger charge is 2.27. The third-order valence-electron chi connectivity index (χ3n) is 4.67. The second-order valence-electron chi connectivity index (χ2n) is 6.65. The number of carbonyl (C=O) groups excluding carboxylic acids is 1. The van der Waals surface area contributed by atoms with Crippen molar-refractivity contribution in [2.75, 3.05) is 5.01 Å². The van der Waals surface area contributed by atoms with Crippen molar-refractivity contribution in [1.29, 1.82) is 0 Å². The molecule has 6 nitrogen and oxygen atoms in total. The van der Waals surface area contributed by atoms with Gasteiger partial charge in [0, 0.05) is 0 Å². The standard InChI is InChI=1S/C23H20N4O2/c1-16-20(22(28)26(24-16)18-10-5-3-6-11-18)14-9-15-21-17(2)25-27(23(21)29)19-12-7-4-8-13-19/h3-15,28H,1-2H3. The highest BCUT2D eigenvalue weighted by molar-refractivity contribution is 6.29. The summed E-state index contributed by atoms with van der Waals surface area (Å²) in [5, 5.41) is 20.7. The number of hydrazone groups is 1. The van der Waals surface area contributed by atoms with Gasteiger partial charge in [-0.05, 0) is 50.3 Å². The average molecular weight is 384 g/mol. The van der Waals surface area contributed by atoms with Crippen molar-refractivity contribution in [3.8, 4) is 11.6 Å². The van der Waals surface area contributed by atoms with Gasteiger partial charge >= 0.3 is 0 Å². The minimum absolute atomic E-state index is 0.0531. The Hall–Kier alpha value is -3.93. The summed E-state index contributed by atoms with van der Waals surface area (Å²) in [6.07, 6.45) is 5.19. The first kappa shape index (κ1) is 18.4. The van der Waals surface area contributed by atoms with E-state index in [-0.39, 0.29) is 11.8 Å². The van der Waals surface area contributed by atoms with Crippen molar-refractivity contribution in [2.24, 2.45) is 5.10 Å². The van der Waals surface area contributed by atoms with Gasteiger partial charge in [0.05, 0.1) is 33.9 Å². The third kappa shape index (κ3) is 3.48. The number of para-hydroxylation sites is 2. The average Bonchev–Trinajstić information content (AvgIpc) is 3.19. The van der Waals surface area contributed by atoms with Crippen LogP contribution >= 0.6 is 0 Å². The third-order valence-corrected chi connectivity index (χ3v) is 4.67. The fourth-order valence-corrected chi connectivity index (χ4v) is 3.17. The Bertz CT molecular complexity index is 1140. The van der Waals surface area contributed by atoms with Crippen LogP contribution in [0.3, 0.4) is 0 Å². The molecular formula is C23H20N4O2. The van der Waals surface area contributed by atoms with Gasteiger partial charge in [-0.25, -0.2) is 4.68 Å². The Morgan fingerprint density at radius 1 is 0.931 bits per heavy atom. The monoisotopic (exact) mass is 384 g/mol. The zero-order valence-corrected chi connectivity index (χ0v) is 16.1. The van der Waals surface area contributed by atoms with E-state index >= 15 is 0 Å². The zero-order valence-electron chi connectivity index (χ0n) is 16.1. The number of carbonyl (C=O) groups is 1. The predicted octanol–water partition coefficient (Wildman–Crippen LogP) is 4.25. The summed E-state index contributed by atoms with van der Waals surface area (Å²) in [5.74, 6) is -0.128. The minimum Gasteiger partial charge on any atom is -0.493 e. The highest BCUT2D eigenvalue weighted by atomic mass is 16.3. The summed E-state index contributed by atoms with van der Waals surface area (Å²) < 4.78 is 1.49. The second-order valence-corrected chi connectivity index (χ2v) is 6.65. The molecule has 1 amide bonds. The van der Waals surface area contributed by atoms with Crippen molar-refractivity contribution in [3.05, 3.63) is 89.6 Å². The van der Waals surface area contributed by atoms with Gasteiger partial charge < -0.3 is 5.11 Å². The van der Waals surface area contributed by atoms with Crippen LogP contribution in [0.2, 0.25) is 0 Å². The topological polar surface area (TPSA) is 70.7 Å². The maximum absolute atomic E-state index is 12.7. The van der Waals surface area contributed by atoms with Gasteiger partial charge in [0.1, 0.15) is 0 Å². The molecule has 6 heteroatoms. The van der Waals surface area contributed by atoms with Crippen molar-refractivity contribution < 1.29 is 9.90 Å². The van der Waals surface area contributed by atoms with Gasteiger partial charge in [-0.3, -0.25) is 4.79 Å². The summed E-state index contributed by atoms with van der Waals surface area (Å²) in [6.45, 7) is 3.63. The summed E-state index contributed by atoms with van der Waals surface area (Å²) in [5.41, 5.74) is 3.95. The molecule has 2 heterocycles. The number of hydrogen-bond donors (Lipinski definition) is 1. The molecule has 2 aromatic carbocycles. The minimum atomic E-state index is -0.181. The largest absolute Gasteiger partial charge is 0.493 e. The van der Waals surface area contributed by atoms with Crippen LogP contribution in [0, 0.1) is 6.92 Å². The molecule has 4 rings (SSSR count). The summed E-state index contributed by atoms with van der Waals surface area (Å²) in [6, 6.07) is 18.7. The fraction of sp³-hybridized carbons (Fsp3) is 0.0870. The van der Waals surface area contributed by atoms with Crippen LogP contribution in [0.1, 0.15) is 18.2 Å². The number of allylic oxidation sites excluding steroid dienone is 2. The normalized spacial score (nSPS) is 15.5. The van der Waals surface area contributed by atoms with Gasteiger partial charge in [0.2, 0.25) is 5.88 Å². The molecule has 3 aromatic rings. The summed E-state index contributed by atoms with van der Waals surface area (Å²) >= 11 is 0. The molecule has 0 unspecified atom stereocenters. The first-order chi connectivity index (χ1) is 14.1.